The Morgan fingerprint density at radius 3 is 1.09 bits per heavy atom. The van der Waals surface area contributed by atoms with E-state index in [2.05, 4.69) is 261 Å². The molecule has 0 bridgehead atoms. The first-order chi connectivity index (χ1) is 37.5. The minimum atomic E-state index is -2.85. The van der Waals surface area contributed by atoms with E-state index in [0.29, 0.717) is 17.5 Å². The maximum absolute atomic E-state index is 5.37. The van der Waals surface area contributed by atoms with Gasteiger partial charge in [-0.1, -0.05) is 254 Å². The van der Waals surface area contributed by atoms with E-state index in [4.69, 9.17) is 15.0 Å². The van der Waals surface area contributed by atoms with E-state index < -0.39 is 8.07 Å². The zero-order valence-corrected chi connectivity index (χ0v) is 43.3. The second kappa shape index (κ2) is 19.7. The minimum absolute atomic E-state index is 0.592. The minimum Gasteiger partial charge on any atom is -0.308 e. The van der Waals surface area contributed by atoms with Crippen molar-refractivity contribution >= 4 is 50.6 Å². The molecule has 0 radical (unpaired) electrons. The summed E-state index contributed by atoms with van der Waals surface area (Å²) in [5.41, 5.74) is 15.3. The highest BCUT2D eigenvalue weighted by atomic mass is 28.3. The monoisotopic (exact) mass is 988 g/mol. The van der Waals surface area contributed by atoms with Crippen molar-refractivity contribution in [3.8, 4) is 73.2 Å². The predicted octanol–water partition coefficient (Wildman–Crippen LogP) is 15.0. The number of benzene rings is 11. The van der Waals surface area contributed by atoms with Gasteiger partial charge in [0.15, 0.2) is 25.5 Å². The molecule has 0 saturated heterocycles. The van der Waals surface area contributed by atoms with Gasteiger partial charge in [-0.05, 0) is 104 Å². The third-order valence-electron chi connectivity index (χ3n) is 14.9. The average molecular weight is 989 g/mol. The molecule has 0 unspecified atom stereocenters. The maximum Gasteiger partial charge on any atom is 0.179 e. The Kier molecular flexibility index (Phi) is 12.0. The number of fused-ring (bicyclic) bond motifs is 3. The second-order valence-electron chi connectivity index (χ2n) is 19.7. The highest BCUT2D eigenvalue weighted by molar-refractivity contribution is 7.19. The lowest BCUT2D eigenvalue weighted by Gasteiger charge is -2.34. The number of rotatable bonds is 11. The SMILES string of the molecule is Cc1cccc(-c2ccc3c(c2)c2cc(-c4cccc(C)c4)ccc2n3-c2cc(-c3cccc([Si](c4ccccc4)(c4ccccc4)c4ccccc4)c3)ccc2-c2nc(-c3ccccc3)nc(-c3ccccc3)n2)c1. The first-order valence-electron chi connectivity index (χ1n) is 26.0. The molecule has 0 aliphatic heterocycles. The average Bonchev–Trinajstić information content (AvgIpc) is 3.88. The molecule has 360 valence electrons. The van der Waals surface area contributed by atoms with E-state index >= 15 is 0 Å². The Balaban J connectivity index is 1.10. The van der Waals surface area contributed by atoms with Gasteiger partial charge in [0.25, 0.3) is 0 Å². The Bertz CT molecular complexity index is 3970. The molecule has 0 N–H and O–H groups in total. The molecule has 2 aromatic heterocycles. The van der Waals surface area contributed by atoms with Crippen molar-refractivity contribution < 1.29 is 0 Å². The molecule has 0 saturated carbocycles. The fourth-order valence-electron chi connectivity index (χ4n) is 11.3. The zero-order chi connectivity index (χ0) is 51.0. The standard InChI is InChI=1S/C71H52N4Si/c1-49-21-18-27-53(43-49)56-38-41-66-64(46-56)65-47-57(54-28-19-22-50(2)44-54)39-42-67(65)75(66)68-48-58(37-40-63(68)71-73-69(51-23-8-3-9-24-51)72-70(74-71)52-25-10-4-11-26-52)55-29-20-36-62(45-55)76(59-30-12-5-13-31-59,60-32-14-6-15-33-60)61-34-16-7-17-35-61/h3-48H,1-2H3. The smallest absolute Gasteiger partial charge is 0.179 e. The summed E-state index contributed by atoms with van der Waals surface area (Å²) in [4.78, 5) is 15.9. The van der Waals surface area contributed by atoms with Gasteiger partial charge in [0, 0.05) is 27.5 Å². The number of aromatic nitrogens is 4. The molecule has 2 heterocycles. The van der Waals surface area contributed by atoms with Gasteiger partial charge < -0.3 is 4.57 Å². The van der Waals surface area contributed by atoms with E-state index in [1.54, 1.807) is 0 Å². The van der Waals surface area contributed by atoms with Crippen LogP contribution in [-0.2, 0) is 0 Å². The Morgan fingerprint density at radius 1 is 0.276 bits per heavy atom. The summed E-state index contributed by atoms with van der Waals surface area (Å²) in [7, 11) is -2.85. The van der Waals surface area contributed by atoms with Crippen LogP contribution in [-0.4, -0.2) is 27.6 Å². The Labute approximate surface area is 445 Å². The largest absolute Gasteiger partial charge is 0.308 e. The summed E-state index contributed by atoms with van der Waals surface area (Å²) in [6.45, 7) is 4.32. The van der Waals surface area contributed by atoms with Crippen molar-refractivity contribution in [2.24, 2.45) is 0 Å². The summed E-state index contributed by atoms with van der Waals surface area (Å²) >= 11 is 0. The lowest BCUT2D eigenvalue weighted by atomic mass is 9.99. The van der Waals surface area contributed by atoms with Crippen LogP contribution >= 0.6 is 0 Å². The van der Waals surface area contributed by atoms with Gasteiger partial charge in [-0.15, -0.1) is 0 Å². The highest BCUT2D eigenvalue weighted by Gasteiger charge is 2.41. The molecule has 0 amide bonds. The lowest BCUT2D eigenvalue weighted by Crippen LogP contribution is -2.74. The van der Waals surface area contributed by atoms with E-state index in [9.17, 15) is 0 Å². The van der Waals surface area contributed by atoms with Crippen molar-refractivity contribution in [1.82, 2.24) is 19.5 Å². The van der Waals surface area contributed by atoms with Gasteiger partial charge in [0.2, 0.25) is 0 Å². The molecule has 11 aromatic carbocycles. The van der Waals surface area contributed by atoms with Crippen molar-refractivity contribution in [3.05, 3.63) is 290 Å². The van der Waals surface area contributed by atoms with Crippen LogP contribution in [0.5, 0.6) is 0 Å². The van der Waals surface area contributed by atoms with Crippen molar-refractivity contribution in [1.29, 1.82) is 0 Å². The molecule has 76 heavy (non-hydrogen) atoms. The van der Waals surface area contributed by atoms with Crippen molar-refractivity contribution in [2.45, 2.75) is 13.8 Å². The van der Waals surface area contributed by atoms with Crippen molar-refractivity contribution in [3.63, 3.8) is 0 Å². The Morgan fingerprint density at radius 2 is 0.632 bits per heavy atom. The van der Waals surface area contributed by atoms with Crippen LogP contribution in [0.3, 0.4) is 0 Å². The fourth-order valence-corrected chi connectivity index (χ4v) is 16.1. The summed E-state index contributed by atoms with van der Waals surface area (Å²) in [6, 6.07) is 102. The van der Waals surface area contributed by atoms with Gasteiger partial charge in [-0.3, -0.25) is 0 Å². The molecule has 0 atom stereocenters. The zero-order valence-electron chi connectivity index (χ0n) is 42.3. The van der Waals surface area contributed by atoms with E-state index in [0.717, 1.165) is 55.3 Å². The van der Waals surface area contributed by atoms with Crippen molar-refractivity contribution in [2.75, 3.05) is 0 Å². The number of hydrogen-bond acceptors (Lipinski definition) is 3. The second-order valence-corrected chi connectivity index (χ2v) is 23.5. The van der Waals surface area contributed by atoms with Crippen LogP contribution in [0.2, 0.25) is 0 Å². The van der Waals surface area contributed by atoms with Gasteiger partial charge in [-0.2, -0.15) is 0 Å². The molecule has 0 spiro atoms. The fraction of sp³-hybridized carbons (Fsp3) is 0.0282. The molecule has 13 aromatic rings. The van der Waals surface area contributed by atoms with E-state index in [1.165, 1.54) is 54.1 Å². The maximum atomic E-state index is 5.37. The topological polar surface area (TPSA) is 43.6 Å². The summed E-state index contributed by atoms with van der Waals surface area (Å²) in [6.07, 6.45) is 0. The van der Waals surface area contributed by atoms with Crippen LogP contribution in [0, 0.1) is 13.8 Å². The van der Waals surface area contributed by atoms with Crippen LogP contribution in [0.1, 0.15) is 11.1 Å². The lowest BCUT2D eigenvalue weighted by molar-refractivity contribution is 1.06. The van der Waals surface area contributed by atoms with Gasteiger partial charge >= 0.3 is 0 Å². The van der Waals surface area contributed by atoms with Crippen LogP contribution in [0.4, 0.5) is 0 Å². The number of aryl methyl sites for hydroxylation is 2. The number of hydrogen-bond donors (Lipinski definition) is 0. The highest BCUT2D eigenvalue weighted by Crippen LogP contribution is 2.41. The molecule has 13 rings (SSSR count). The first-order valence-corrected chi connectivity index (χ1v) is 28.0. The molecule has 0 aliphatic carbocycles. The van der Waals surface area contributed by atoms with E-state index in [-0.39, 0.29) is 0 Å². The van der Waals surface area contributed by atoms with Gasteiger partial charge in [-0.25, -0.2) is 15.0 Å². The van der Waals surface area contributed by atoms with Gasteiger partial charge in [0.1, 0.15) is 0 Å². The normalized spacial score (nSPS) is 11.6. The third kappa shape index (κ3) is 8.43. The van der Waals surface area contributed by atoms with Gasteiger partial charge in [0.05, 0.1) is 16.7 Å². The predicted molar refractivity (Wildman–Crippen MR) is 320 cm³/mol. The molecule has 5 heteroatoms. The van der Waals surface area contributed by atoms with E-state index in [1.807, 2.05) is 36.4 Å². The number of nitrogens with zero attached hydrogens (tertiary/aromatic N) is 4. The summed E-state index contributed by atoms with van der Waals surface area (Å²) in [5.74, 6) is 1.82. The van der Waals surface area contributed by atoms with Crippen LogP contribution in [0.15, 0.2) is 279 Å². The quantitative estimate of drug-likeness (QED) is 0.0958. The third-order valence-corrected chi connectivity index (χ3v) is 19.7. The van der Waals surface area contributed by atoms with Crippen LogP contribution in [0.25, 0.3) is 95.0 Å². The summed E-state index contributed by atoms with van der Waals surface area (Å²) in [5, 5.41) is 7.63. The van der Waals surface area contributed by atoms with Crippen LogP contribution < -0.4 is 20.7 Å². The molecule has 0 fully saturated rings. The summed E-state index contributed by atoms with van der Waals surface area (Å²) < 4.78 is 2.44. The molecule has 0 aliphatic rings. The Hall–Kier alpha value is -9.55. The molecule has 4 nitrogen and oxygen atoms in total. The molecular formula is C71H52N4Si. The molecular weight excluding hydrogens is 937 g/mol. The first kappa shape index (κ1) is 46.2.